The van der Waals surface area contributed by atoms with Crippen molar-refractivity contribution in [3.8, 4) is 11.5 Å². The average molecular weight is 358 g/mol. The van der Waals surface area contributed by atoms with Crippen LogP contribution in [0.3, 0.4) is 0 Å². The monoisotopic (exact) mass is 358 g/mol. The molecule has 140 valence electrons. The van der Waals surface area contributed by atoms with Crippen LogP contribution in [0.15, 0.2) is 48.5 Å². The van der Waals surface area contributed by atoms with Gasteiger partial charge in [-0.25, -0.2) is 4.39 Å². The zero-order valence-electron chi connectivity index (χ0n) is 15.7. The SMILES string of the molecule is CN(C)c1ccccc1OCCN1CCC(C)(Oc2cccc(F)c2)C1. The Balaban J connectivity index is 1.50. The van der Waals surface area contributed by atoms with E-state index in [9.17, 15) is 4.39 Å². The highest BCUT2D eigenvalue weighted by atomic mass is 19.1. The number of likely N-dealkylation sites (tertiary alicyclic amines) is 1. The number of rotatable bonds is 7. The second-order valence-corrected chi connectivity index (χ2v) is 7.25. The molecule has 1 fully saturated rings. The van der Waals surface area contributed by atoms with Crippen LogP contribution in [-0.2, 0) is 0 Å². The summed E-state index contributed by atoms with van der Waals surface area (Å²) in [5.74, 6) is 1.22. The van der Waals surface area contributed by atoms with Gasteiger partial charge in [0.1, 0.15) is 29.5 Å². The number of hydrogen-bond acceptors (Lipinski definition) is 4. The van der Waals surface area contributed by atoms with Crippen LogP contribution in [0.25, 0.3) is 0 Å². The summed E-state index contributed by atoms with van der Waals surface area (Å²) in [6, 6.07) is 14.4. The lowest BCUT2D eigenvalue weighted by Crippen LogP contribution is -2.37. The molecule has 0 saturated carbocycles. The maximum atomic E-state index is 13.3. The van der Waals surface area contributed by atoms with Crippen molar-refractivity contribution in [3.63, 3.8) is 0 Å². The second-order valence-electron chi connectivity index (χ2n) is 7.25. The number of hydrogen-bond donors (Lipinski definition) is 0. The number of nitrogens with zero attached hydrogens (tertiary/aromatic N) is 2. The van der Waals surface area contributed by atoms with Gasteiger partial charge in [0.15, 0.2) is 0 Å². The molecule has 1 saturated heterocycles. The molecule has 3 rings (SSSR count). The van der Waals surface area contributed by atoms with Crippen molar-refractivity contribution in [3.05, 3.63) is 54.3 Å². The fourth-order valence-electron chi connectivity index (χ4n) is 3.35. The minimum absolute atomic E-state index is 0.270. The smallest absolute Gasteiger partial charge is 0.142 e. The highest BCUT2D eigenvalue weighted by molar-refractivity contribution is 5.57. The fraction of sp³-hybridized carbons (Fsp3) is 0.429. The molecule has 4 nitrogen and oxygen atoms in total. The molecule has 0 aliphatic carbocycles. The van der Waals surface area contributed by atoms with Gasteiger partial charge in [0.05, 0.1) is 5.69 Å². The van der Waals surface area contributed by atoms with Gasteiger partial charge in [-0.1, -0.05) is 18.2 Å². The van der Waals surface area contributed by atoms with Gasteiger partial charge in [0.2, 0.25) is 0 Å². The number of para-hydroxylation sites is 2. The summed E-state index contributed by atoms with van der Waals surface area (Å²) in [4.78, 5) is 4.38. The van der Waals surface area contributed by atoms with E-state index in [4.69, 9.17) is 9.47 Å². The Morgan fingerprint density at radius 1 is 1.15 bits per heavy atom. The van der Waals surface area contributed by atoms with Gasteiger partial charge in [0.25, 0.3) is 0 Å². The van der Waals surface area contributed by atoms with Crippen molar-refractivity contribution in [2.75, 3.05) is 45.2 Å². The number of benzene rings is 2. The summed E-state index contributed by atoms with van der Waals surface area (Å²) in [5.41, 5.74) is 0.781. The van der Waals surface area contributed by atoms with Gasteiger partial charge in [0, 0.05) is 46.2 Å². The number of halogens is 1. The van der Waals surface area contributed by atoms with Gasteiger partial charge < -0.3 is 14.4 Å². The van der Waals surface area contributed by atoms with Crippen LogP contribution >= 0.6 is 0 Å². The van der Waals surface area contributed by atoms with E-state index >= 15 is 0 Å². The van der Waals surface area contributed by atoms with E-state index in [0.717, 1.165) is 37.5 Å². The van der Waals surface area contributed by atoms with Gasteiger partial charge >= 0.3 is 0 Å². The summed E-state index contributed by atoms with van der Waals surface area (Å²) in [6.45, 7) is 5.30. The molecular weight excluding hydrogens is 331 g/mol. The maximum absolute atomic E-state index is 13.3. The third kappa shape index (κ3) is 4.67. The third-order valence-electron chi connectivity index (χ3n) is 4.69. The Morgan fingerprint density at radius 2 is 1.96 bits per heavy atom. The highest BCUT2D eigenvalue weighted by Crippen LogP contribution is 2.29. The lowest BCUT2D eigenvalue weighted by molar-refractivity contribution is 0.0931. The molecule has 1 atom stereocenters. The third-order valence-corrected chi connectivity index (χ3v) is 4.69. The zero-order chi connectivity index (χ0) is 18.6. The van der Waals surface area contributed by atoms with Crippen LogP contribution in [0, 0.1) is 5.82 Å². The Hall–Kier alpha value is -2.27. The van der Waals surface area contributed by atoms with E-state index in [1.54, 1.807) is 12.1 Å². The van der Waals surface area contributed by atoms with Crippen LogP contribution in [0.1, 0.15) is 13.3 Å². The van der Waals surface area contributed by atoms with Crippen LogP contribution < -0.4 is 14.4 Å². The number of anilines is 1. The molecule has 0 N–H and O–H groups in total. The summed E-state index contributed by atoms with van der Waals surface area (Å²) >= 11 is 0. The average Bonchev–Trinajstić information content (AvgIpc) is 2.96. The lowest BCUT2D eigenvalue weighted by atomic mass is 10.1. The molecule has 2 aromatic carbocycles. The molecule has 0 aromatic heterocycles. The quantitative estimate of drug-likeness (QED) is 0.751. The molecule has 0 radical (unpaired) electrons. The van der Waals surface area contributed by atoms with Crippen molar-refractivity contribution in [2.24, 2.45) is 0 Å². The predicted octanol–water partition coefficient (Wildman–Crippen LogP) is 3.81. The Bertz CT molecular complexity index is 737. The normalized spacial score (nSPS) is 20.2. The molecule has 0 spiro atoms. The predicted molar refractivity (Wildman–Crippen MR) is 103 cm³/mol. The van der Waals surface area contributed by atoms with E-state index in [-0.39, 0.29) is 11.4 Å². The first-order valence-electron chi connectivity index (χ1n) is 9.01. The topological polar surface area (TPSA) is 24.9 Å². The minimum Gasteiger partial charge on any atom is -0.490 e. The first-order chi connectivity index (χ1) is 12.5. The molecule has 26 heavy (non-hydrogen) atoms. The zero-order valence-corrected chi connectivity index (χ0v) is 15.7. The molecule has 2 aromatic rings. The highest BCUT2D eigenvalue weighted by Gasteiger charge is 2.35. The van der Waals surface area contributed by atoms with Gasteiger partial charge in [-0.15, -0.1) is 0 Å². The van der Waals surface area contributed by atoms with Crippen molar-refractivity contribution in [1.29, 1.82) is 0 Å². The van der Waals surface area contributed by atoms with E-state index in [0.29, 0.717) is 12.4 Å². The minimum atomic E-state index is -0.296. The van der Waals surface area contributed by atoms with Crippen molar-refractivity contribution >= 4 is 5.69 Å². The Kier molecular flexibility index (Phi) is 5.67. The standard InChI is InChI=1S/C21H27FN2O2/c1-21(26-18-8-6-7-17(22)15-18)11-12-24(16-21)13-14-25-20-10-5-4-9-19(20)23(2)3/h4-10,15H,11-14,16H2,1-3H3. The number of ether oxygens (including phenoxy) is 2. The second kappa shape index (κ2) is 7.96. The first kappa shape index (κ1) is 18.5. The maximum Gasteiger partial charge on any atom is 0.142 e. The molecule has 1 unspecified atom stereocenters. The van der Waals surface area contributed by atoms with Gasteiger partial charge in [-0.3, -0.25) is 4.90 Å². The first-order valence-corrected chi connectivity index (χ1v) is 9.01. The van der Waals surface area contributed by atoms with Crippen LogP contribution in [0.4, 0.5) is 10.1 Å². The van der Waals surface area contributed by atoms with Crippen LogP contribution in [0.2, 0.25) is 0 Å². The van der Waals surface area contributed by atoms with E-state index < -0.39 is 0 Å². The summed E-state index contributed by atoms with van der Waals surface area (Å²) < 4.78 is 25.4. The van der Waals surface area contributed by atoms with E-state index in [1.807, 2.05) is 32.3 Å². The molecular formula is C21H27FN2O2. The molecule has 1 aliphatic heterocycles. The van der Waals surface area contributed by atoms with E-state index in [1.165, 1.54) is 12.1 Å². The van der Waals surface area contributed by atoms with Gasteiger partial charge in [-0.2, -0.15) is 0 Å². The summed E-state index contributed by atoms with van der Waals surface area (Å²) in [5, 5.41) is 0. The van der Waals surface area contributed by atoms with Crippen LogP contribution in [0.5, 0.6) is 11.5 Å². The summed E-state index contributed by atoms with van der Waals surface area (Å²) in [7, 11) is 4.02. The van der Waals surface area contributed by atoms with E-state index in [2.05, 4.69) is 22.8 Å². The summed E-state index contributed by atoms with van der Waals surface area (Å²) in [6.07, 6.45) is 0.914. The molecule has 0 bridgehead atoms. The van der Waals surface area contributed by atoms with Gasteiger partial charge in [-0.05, 0) is 31.2 Å². The lowest BCUT2D eigenvalue weighted by Gasteiger charge is -2.26. The van der Waals surface area contributed by atoms with Crippen molar-refractivity contribution in [1.82, 2.24) is 4.90 Å². The fourth-order valence-corrected chi connectivity index (χ4v) is 3.35. The largest absolute Gasteiger partial charge is 0.490 e. The molecule has 5 heteroatoms. The molecule has 0 amide bonds. The van der Waals surface area contributed by atoms with Crippen molar-refractivity contribution in [2.45, 2.75) is 18.9 Å². The molecule has 1 aliphatic rings. The Morgan fingerprint density at radius 3 is 2.73 bits per heavy atom. The molecule has 1 heterocycles. The van der Waals surface area contributed by atoms with Crippen molar-refractivity contribution < 1.29 is 13.9 Å². The Labute approximate surface area is 155 Å². The van der Waals surface area contributed by atoms with Crippen LogP contribution in [-0.4, -0.2) is 50.8 Å².